The standard InChI is InChI=1S/C21H18F2N4O2/c1-12(28)24-13-4-2-5-14(10-13)25-21(29)20-16-6-3-7-19(16)27(26-20)15-8-9-17(22)18(23)11-15/h2,4-5,8-11H,3,6-7H2,1H3,(H,24,28)(H,25,29). The largest absolute Gasteiger partial charge is 0.326 e. The third kappa shape index (κ3) is 3.73. The minimum Gasteiger partial charge on any atom is -0.326 e. The highest BCUT2D eigenvalue weighted by Gasteiger charge is 2.27. The van der Waals surface area contributed by atoms with Crippen molar-refractivity contribution in [2.45, 2.75) is 26.2 Å². The topological polar surface area (TPSA) is 76.0 Å². The van der Waals surface area contributed by atoms with Crippen LogP contribution in [0.2, 0.25) is 0 Å². The molecule has 0 aliphatic heterocycles. The van der Waals surface area contributed by atoms with Crippen molar-refractivity contribution in [3.05, 3.63) is 71.1 Å². The Balaban J connectivity index is 1.65. The minimum atomic E-state index is -0.967. The number of anilines is 2. The number of amides is 2. The molecule has 2 amide bonds. The molecule has 0 bridgehead atoms. The van der Waals surface area contributed by atoms with E-state index in [9.17, 15) is 18.4 Å². The Morgan fingerprint density at radius 2 is 1.76 bits per heavy atom. The molecule has 1 aliphatic rings. The molecule has 4 rings (SSSR count). The molecule has 0 fully saturated rings. The molecular formula is C21H18F2N4O2. The van der Waals surface area contributed by atoms with E-state index in [1.54, 1.807) is 24.3 Å². The number of hydrogen-bond donors (Lipinski definition) is 2. The minimum absolute atomic E-state index is 0.212. The van der Waals surface area contributed by atoms with E-state index in [2.05, 4.69) is 15.7 Å². The average Bonchev–Trinajstić information content (AvgIpc) is 3.26. The van der Waals surface area contributed by atoms with Gasteiger partial charge in [-0.2, -0.15) is 5.10 Å². The van der Waals surface area contributed by atoms with Gasteiger partial charge in [0.2, 0.25) is 5.91 Å². The van der Waals surface area contributed by atoms with Crippen LogP contribution in [0.25, 0.3) is 5.69 Å². The van der Waals surface area contributed by atoms with Crippen LogP contribution in [0.15, 0.2) is 42.5 Å². The molecule has 6 nitrogen and oxygen atoms in total. The van der Waals surface area contributed by atoms with Gasteiger partial charge in [0.25, 0.3) is 5.91 Å². The molecule has 0 saturated heterocycles. The Hall–Kier alpha value is -3.55. The maximum atomic E-state index is 13.7. The SMILES string of the molecule is CC(=O)Nc1cccc(NC(=O)c2nn(-c3ccc(F)c(F)c3)c3c2CCC3)c1. The number of hydrogen-bond acceptors (Lipinski definition) is 3. The predicted octanol–water partition coefficient (Wildman–Crippen LogP) is 3.85. The number of carbonyl (C=O) groups excluding carboxylic acids is 2. The van der Waals surface area contributed by atoms with Crippen LogP contribution in [0.3, 0.4) is 0 Å². The van der Waals surface area contributed by atoms with Crippen LogP contribution < -0.4 is 10.6 Å². The van der Waals surface area contributed by atoms with Crippen LogP contribution in [0, 0.1) is 11.6 Å². The lowest BCUT2D eigenvalue weighted by Crippen LogP contribution is -2.15. The zero-order chi connectivity index (χ0) is 20.5. The third-order valence-electron chi connectivity index (χ3n) is 4.73. The van der Waals surface area contributed by atoms with Crippen LogP contribution in [0.4, 0.5) is 20.2 Å². The molecule has 0 atom stereocenters. The predicted molar refractivity (Wildman–Crippen MR) is 104 cm³/mol. The summed E-state index contributed by atoms with van der Waals surface area (Å²) in [6.45, 7) is 1.40. The molecule has 2 aromatic carbocycles. The Morgan fingerprint density at radius 1 is 1.00 bits per heavy atom. The maximum Gasteiger partial charge on any atom is 0.276 e. The first kappa shape index (κ1) is 18.8. The third-order valence-corrected chi connectivity index (χ3v) is 4.73. The first-order chi connectivity index (χ1) is 13.9. The fourth-order valence-corrected chi connectivity index (χ4v) is 3.52. The Kier molecular flexibility index (Phi) is 4.84. The fourth-order valence-electron chi connectivity index (χ4n) is 3.52. The first-order valence-corrected chi connectivity index (χ1v) is 9.17. The molecule has 1 heterocycles. The van der Waals surface area contributed by atoms with Gasteiger partial charge >= 0.3 is 0 Å². The van der Waals surface area contributed by atoms with E-state index >= 15 is 0 Å². The van der Waals surface area contributed by atoms with Gasteiger partial charge in [0.15, 0.2) is 17.3 Å². The molecule has 0 saturated carbocycles. The van der Waals surface area contributed by atoms with E-state index in [4.69, 9.17) is 0 Å². The van der Waals surface area contributed by atoms with E-state index in [1.165, 1.54) is 17.7 Å². The molecule has 3 aromatic rings. The van der Waals surface area contributed by atoms with Crippen molar-refractivity contribution in [1.82, 2.24) is 9.78 Å². The van der Waals surface area contributed by atoms with Crippen molar-refractivity contribution < 1.29 is 18.4 Å². The van der Waals surface area contributed by atoms with E-state index in [0.717, 1.165) is 29.8 Å². The van der Waals surface area contributed by atoms with Gasteiger partial charge in [0.1, 0.15) is 0 Å². The van der Waals surface area contributed by atoms with Gasteiger partial charge in [-0.1, -0.05) is 6.07 Å². The number of benzene rings is 2. The normalized spacial score (nSPS) is 12.5. The molecule has 8 heteroatoms. The summed E-state index contributed by atoms with van der Waals surface area (Å²) in [5.74, 6) is -2.51. The van der Waals surface area contributed by atoms with Gasteiger partial charge in [-0.25, -0.2) is 13.5 Å². The van der Waals surface area contributed by atoms with Crippen LogP contribution in [0.5, 0.6) is 0 Å². The second-order valence-corrected chi connectivity index (χ2v) is 6.85. The van der Waals surface area contributed by atoms with Crippen molar-refractivity contribution >= 4 is 23.2 Å². The maximum absolute atomic E-state index is 13.7. The second kappa shape index (κ2) is 7.46. The van der Waals surface area contributed by atoms with Crippen LogP contribution >= 0.6 is 0 Å². The number of fused-ring (bicyclic) bond motifs is 1. The van der Waals surface area contributed by atoms with Crippen molar-refractivity contribution in [2.75, 3.05) is 10.6 Å². The summed E-state index contributed by atoms with van der Waals surface area (Å²) in [4.78, 5) is 24.1. The van der Waals surface area contributed by atoms with Crippen LogP contribution in [-0.2, 0) is 17.6 Å². The first-order valence-electron chi connectivity index (χ1n) is 9.17. The quantitative estimate of drug-likeness (QED) is 0.703. The van der Waals surface area contributed by atoms with E-state index in [-0.39, 0.29) is 11.6 Å². The van der Waals surface area contributed by atoms with Crippen molar-refractivity contribution in [2.24, 2.45) is 0 Å². The smallest absolute Gasteiger partial charge is 0.276 e. The van der Waals surface area contributed by atoms with Crippen molar-refractivity contribution in [3.8, 4) is 5.69 Å². The van der Waals surface area contributed by atoms with Gasteiger partial charge in [-0.05, 0) is 49.6 Å². The van der Waals surface area contributed by atoms with Crippen LogP contribution in [0.1, 0.15) is 35.1 Å². The molecule has 0 unspecified atom stereocenters. The molecule has 29 heavy (non-hydrogen) atoms. The van der Waals surface area contributed by atoms with Crippen molar-refractivity contribution in [1.29, 1.82) is 0 Å². The van der Waals surface area contributed by atoms with Gasteiger partial charge < -0.3 is 10.6 Å². The Morgan fingerprint density at radius 3 is 2.48 bits per heavy atom. The molecule has 0 spiro atoms. The molecule has 0 radical (unpaired) electrons. The summed E-state index contributed by atoms with van der Waals surface area (Å²) in [5, 5.41) is 9.83. The second-order valence-electron chi connectivity index (χ2n) is 6.85. The molecule has 1 aliphatic carbocycles. The molecule has 1 aromatic heterocycles. The summed E-state index contributed by atoms with van der Waals surface area (Å²) < 4.78 is 28.5. The zero-order valence-corrected chi connectivity index (χ0v) is 15.6. The van der Waals surface area contributed by atoms with Crippen molar-refractivity contribution in [3.63, 3.8) is 0 Å². The number of nitrogens with one attached hydrogen (secondary N) is 2. The summed E-state index contributed by atoms with van der Waals surface area (Å²) in [6, 6.07) is 10.3. The lowest BCUT2D eigenvalue weighted by Gasteiger charge is -2.08. The fraction of sp³-hybridized carbons (Fsp3) is 0.190. The summed E-state index contributed by atoms with van der Waals surface area (Å²) in [7, 11) is 0. The summed E-state index contributed by atoms with van der Waals surface area (Å²) >= 11 is 0. The highest BCUT2D eigenvalue weighted by Crippen LogP contribution is 2.29. The van der Waals surface area contributed by atoms with Gasteiger partial charge in [0, 0.05) is 35.6 Å². The van der Waals surface area contributed by atoms with Gasteiger partial charge in [-0.3, -0.25) is 9.59 Å². The summed E-state index contributed by atoms with van der Waals surface area (Å²) in [6.07, 6.45) is 2.25. The monoisotopic (exact) mass is 396 g/mol. The average molecular weight is 396 g/mol. The van der Waals surface area contributed by atoms with E-state index in [1.807, 2.05) is 0 Å². The Labute approximate surface area is 165 Å². The van der Waals surface area contributed by atoms with Crippen LogP contribution in [-0.4, -0.2) is 21.6 Å². The zero-order valence-electron chi connectivity index (χ0n) is 15.6. The molecule has 2 N–H and O–H groups in total. The summed E-state index contributed by atoms with van der Waals surface area (Å²) in [5.41, 5.74) is 3.34. The lowest BCUT2D eigenvalue weighted by molar-refractivity contribution is -0.114. The molecular weight excluding hydrogens is 378 g/mol. The molecule has 148 valence electrons. The number of halogens is 2. The highest BCUT2D eigenvalue weighted by atomic mass is 19.2. The highest BCUT2D eigenvalue weighted by molar-refractivity contribution is 6.04. The van der Waals surface area contributed by atoms with Gasteiger partial charge in [-0.15, -0.1) is 0 Å². The number of rotatable bonds is 4. The number of nitrogens with zero attached hydrogens (tertiary/aromatic N) is 2. The van der Waals surface area contributed by atoms with E-state index in [0.29, 0.717) is 29.9 Å². The Bertz CT molecular complexity index is 1120. The number of aromatic nitrogens is 2. The lowest BCUT2D eigenvalue weighted by atomic mass is 10.2. The van der Waals surface area contributed by atoms with E-state index < -0.39 is 17.5 Å². The number of carbonyl (C=O) groups is 2. The van der Waals surface area contributed by atoms with Gasteiger partial charge in [0.05, 0.1) is 5.69 Å².